The summed E-state index contributed by atoms with van der Waals surface area (Å²) in [6.07, 6.45) is 0. The quantitative estimate of drug-likeness (QED) is 0.291. The van der Waals surface area contributed by atoms with Crippen molar-refractivity contribution >= 4 is 33.3 Å². The second-order valence-electron chi connectivity index (χ2n) is 8.73. The number of benzene rings is 3. The molecule has 178 valence electrons. The Bertz CT molecular complexity index is 1640. The second-order valence-corrected chi connectivity index (χ2v) is 9.91. The van der Waals surface area contributed by atoms with Crippen LogP contribution < -0.4 is 15.1 Å². The zero-order chi connectivity index (χ0) is 24.8. The van der Waals surface area contributed by atoms with E-state index in [0.717, 1.165) is 21.7 Å². The molecule has 0 aliphatic carbocycles. The molecule has 6 nitrogen and oxygen atoms in total. The molecule has 3 aromatic carbocycles. The van der Waals surface area contributed by atoms with Crippen molar-refractivity contribution in [2.45, 2.75) is 26.5 Å². The summed E-state index contributed by atoms with van der Waals surface area (Å²) in [5, 5.41) is 0.990. The van der Waals surface area contributed by atoms with Crippen molar-refractivity contribution in [2.24, 2.45) is 0 Å². The molecular formula is C29H22N2O4S. The first-order chi connectivity index (χ1) is 17.5. The maximum absolute atomic E-state index is 13.7. The van der Waals surface area contributed by atoms with Crippen molar-refractivity contribution in [1.29, 1.82) is 0 Å². The molecule has 7 heteroatoms. The van der Waals surface area contributed by atoms with Crippen LogP contribution in [0.3, 0.4) is 0 Å². The molecule has 0 fully saturated rings. The zero-order valence-corrected chi connectivity index (χ0v) is 20.5. The Balaban J connectivity index is 1.44. The van der Waals surface area contributed by atoms with Gasteiger partial charge in [-0.1, -0.05) is 54.6 Å². The lowest BCUT2D eigenvalue weighted by atomic mass is 9.98. The Kier molecular flexibility index (Phi) is 5.42. The van der Waals surface area contributed by atoms with Crippen LogP contribution >= 0.6 is 11.3 Å². The van der Waals surface area contributed by atoms with Crippen molar-refractivity contribution in [3.05, 3.63) is 122 Å². The van der Waals surface area contributed by atoms with Gasteiger partial charge >= 0.3 is 0 Å². The number of hydrogen-bond acceptors (Lipinski definition) is 6. The number of ether oxygens (including phenoxy) is 1. The fourth-order valence-corrected chi connectivity index (χ4v) is 5.41. The highest BCUT2D eigenvalue weighted by Crippen LogP contribution is 2.43. The average Bonchev–Trinajstić information content (AvgIpc) is 3.39. The number of carbonyl (C=O) groups excluding carboxylic acids is 1. The van der Waals surface area contributed by atoms with Crippen LogP contribution in [-0.4, -0.2) is 10.9 Å². The van der Waals surface area contributed by atoms with Crippen molar-refractivity contribution < 1.29 is 13.9 Å². The summed E-state index contributed by atoms with van der Waals surface area (Å²) < 4.78 is 12.0. The predicted octanol–water partition coefficient (Wildman–Crippen LogP) is 6.20. The SMILES string of the molecule is Cc1nc(N2C(=O)c3oc4ccccc4c(=O)c3C2c2ccc(OCc3ccccc3)cc2)sc1C. The Morgan fingerprint density at radius 3 is 2.39 bits per heavy atom. The molecule has 2 aromatic heterocycles. The van der Waals surface area contributed by atoms with Gasteiger partial charge in [0.15, 0.2) is 10.6 Å². The number of anilines is 1. The molecule has 6 rings (SSSR count). The summed E-state index contributed by atoms with van der Waals surface area (Å²) in [7, 11) is 0. The van der Waals surface area contributed by atoms with E-state index >= 15 is 0 Å². The molecule has 0 bridgehead atoms. The highest BCUT2D eigenvalue weighted by atomic mass is 32.1. The van der Waals surface area contributed by atoms with Gasteiger partial charge in [0, 0.05) is 4.88 Å². The van der Waals surface area contributed by atoms with Crippen LogP contribution in [0.5, 0.6) is 5.75 Å². The van der Waals surface area contributed by atoms with Crippen LogP contribution in [0, 0.1) is 13.8 Å². The van der Waals surface area contributed by atoms with Gasteiger partial charge in [-0.25, -0.2) is 4.98 Å². The molecule has 1 atom stereocenters. The molecular weight excluding hydrogens is 472 g/mol. The van der Waals surface area contributed by atoms with Crippen LogP contribution in [0.2, 0.25) is 0 Å². The number of fused-ring (bicyclic) bond motifs is 2. The molecule has 1 aliphatic rings. The summed E-state index contributed by atoms with van der Waals surface area (Å²) in [6, 6.07) is 23.8. The van der Waals surface area contributed by atoms with E-state index < -0.39 is 6.04 Å². The topological polar surface area (TPSA) is 72.6 Å². The van der Waals surface area contributed by atoms with E-state index in [0.29, 0.717) is 34.0 Å². The normalized spacial score (nSPS) is 14.9. The summed E-state index contributed by atoms with van der Waals surface area (Å²) in [6.45, 7) is 4.33. The highest BCUT2D eigenvalue weighted by molar-refractivity contribution is 7.15. The lowest BCUT2D eigenvalue weighted by Crippen LogP contribution is -2.29. The minimum atomic E-state index is -0.651. The fourth-order valence-electron chi connectivity index (χ4n) is 4.48. The van der Waals surface area contributed by atoms with Crippen molar-refractivity contribution in [3.8, 4) is 5.75 Å². The van der Waals surface area contributed by atoms with Crippen molar-refractivity contribution in [3.63, 3.8) is 0 Å². The van der Waals surface area contributed by atoms with Crippen LogP contribution in [0.1, 0.15) is 43.9 Å². The molecule has 0 radical (unpaired) electrons. The molecule has 0 saturated heterocycles. The Morgan fingerprint density at radius 2 is 1.67 bits per heavy atom. The number of nitrogens with zero attached hydrogens (tertiary/aromatic N) is 2. The van der Waals surface area contributed by atoms with Gasteiger partial charge in [0.2, 0.25) is 5.76 Å². The van der Waals surface area contributed by atoms with E-state index in [1.807, 2.05) is 68.4 Å². The largest absolute Gasteiger partial charge is 0.489 e. The number of para-hydroxylation sites is 1. The van der Waals surface area contributed by atoms with E-state index in [-0.39, 0.29) is 17.1 Å². The third-order valence-corrected chi connectivity index (χ3v) is 7.52. The van der Waals surface area contributed by atoms with Crippen LogP contribution in [0.4, 0.5) is 5.13 Å². The third-order valence-electron chi connectivity index (χ3n) is 6.45. The maximum atomic E-state index is 13.7. The first-order valence-corrected chi connectivity index (χ1v) is 12.4. The number of carbonyl (C=O) groups is 1. The molecule has 1 unspecified atom stereocenters. The minimum Gasteiger partial charge on any atom is -0.489 e. The monoisotopic (exact) mass is 494 g/mol. The Labute approximate surface area is 211 Å². The van der Waals surface area contributed by atoms with Gasteiger partial charge in [-0.2, -0.15) is 0 Å². The van der Waals surface area contributed by atoms with E-state index in [2.05, 4.69) is 4.98 Å². The number of hydrogen-bond donors (Lipinski definition) is 0. The molecule has 1 aliphatic heterocycles. The van der Waals surface area contributed by atoms with Gasteiger partial charge in [0.05, 0.1) is 22.7 Å². The summed E-state index contributed by atoms with van der Waals surface area (Å²) in [4.78, 5) is 34.5. The first kappa shape index (κ1) is 22.2. The van der Waals surface area contributed by atoms with Gasteiger partial charge in [0.25, 0.3) is 5.91 Å². The number of aryl methyl sites for hydroxylation is 2. The number of amides is 1. The van der Waals surface area contributed by atoms with Gasteiger partial charge < -0.3 is 9.15 Å². The van der Waals surface area contributed by atoms with E-state index in [1.165, 1.54) is 11.3 Å². The van der Waals surface area contributed by atoms with Gasteiger partial charge in [-0.05, 0) is 49.2 Å². The first-order valence-electron chi connectivity index (χ1n) is 11.6. The van der Waals surface area contributed by atoms with Gasteiger partial charge in [-0.15, -0.1) is 11.3 Å². The predicted molar refractivity (Wildman–Crippen MR) is 140 cm³/mol. The molecule has 1 amide bonds. The fraction of sp³-hybridized carbons (Fsp3) is 0.138. The van der Waals surface area contributed by atoms with Crippen molar-refractivity contribution in [1.82, 2.24) is 4.98 Å². The maximum Gasteiger partial charge on any atom is 0.297 e. The average molecular weight is 495 g/mol. The molecule has 0 spiro atoms. The van der Waals surface area contributed by atoms with Gasteiger partial charge in [0.1, 0.15) is 17.9 Å². The van der Waals surface area contributed by atoms with Crippen LogP contribution in [0.25, 0.3) is 11.0 Å². The number of thiazole rings is 1. The summed E-state index contributed by atoms with van der Waals surface area (Å²) >= 11 is 1.43. The highest BCUT2D eigenvalue weighted by Gasteiger charge is 2.45. The Hall–Kier alpha value is -4.23. The summed E-state index contributed by atoms with van der Waals surface area (Å²) in [5.41, 5.74) is 3.23. The standard InChI is InChI=1S/C29H22N2O4S/c1-17-18(2)36-29(30-17)31-25(20-12-14-21(15-13-20)34-16-19-8-4-3-5-9-19)24-26(32)22-10-6-7-11-23(22)35-27(24)28(31)33/h3-15,25H,16H2,1-2H3. The smallest absolute Gasteiger partial charge is 0.297 e. The van der Waals surface area contributed by atoms with Crippen molar-refractivity contribution in [2.75, 3.05) is 4.90 Å². The van der Waals surface area contributed by atoms with E-state index in [1.54, 1.807) is 29.2 Å². The summed E-state index contributed by atoms with van der Waals surface area (Å²) in [5.74, 6) is 0.403. The molecule has 3 heterocycles. The molecule has 0 N–H and O–H groups in total. The van der Waals surface area contributed by atoms with E-state index in [4.69, 9.17) is 9.15 Å². The van der Waals surface area contributed by atoms with Crippen LogP contribution in [-0.2, 0) is 6.61 Å². The number of aromatic nitrogens is 1. The zero-order valence-electron chi connectivity index (χ0n) is 19.7. The molecule has 5 aromatic rings. The van der Waals surface area contributed by atoms with E-state index in [9.17, 15) is 9.59 Å². The Morgan fingerprint density at radius 1 is 0.944 bits per heavy atom. The minimum absolute atomic E-state index is 0.0682. The van der Waals surface area contributed by atoms with Gasteiger partial charge in [-0.3, -0.25) is 14.5 Å². The second kappa shape index (κ2) is 8.77. The molecule has 0 saturated carbocycles. The molecule has 36 heavy (non-hydrogen) atoms. The number of rotatable bonds is 5. The van der Waals surface area contributed by atoms with Crippen LogP contribution in [0.15, 0.2) is 88.1 Å². The lowest BCUT2D eigenvalue weighted by molar-refractivity contribution is 0.0971. The lowest BCUT2D eigenvalue weighted by Gasteiger charge is -2.22. The third kappa shape index (κ3) is 3.69.